The van der Waals surface area contributed by atoms with E-state index in [1.807, 2.05) is 40.7 Å². The largest absolute Gasteiger partial charge is 0.444 e. The Morgan fingerprint density at radius 1 is 1.13 bits per heavy atom. The van der Waals surface area contributed by atoms with E-state index < -0.39 is 11.5 Å². The monoisotopic (exact) mass is 419 g/mol. The van der Waals surface area contributed by atoms with Crippen molar-refractivity contribution in [3.8, 4) is 0 Å². The van der Waals surface area contributed by atoms with E-state index in [0.717, 1.165) is 5.69 Å². The fraction of sp³-hybridized carbons (Fsp3) is 0.571. The maximum Gasteiger partial charge on any atom is 0.410 e. The first kappa shape index (κ1) is 23.3. The Balaban J connectivity index is 1.98. The van der Waals surface area contributed by atoms with Crippen LogP contribution in [0, 0.1) is 0 Å². The van der Waals surface area contributed by atoms with Crippen LogP contribution < -0.4 is 21.3 Å². The Labute approximate surface area is 177 Å². The molecule has 9 heteroatoms. The summed E-state index contributed by atoms with van der Waals surface area (Å²) in [6.07, 6.45) is -0.320. The van der Waals surface area contributed by atoms with Crippen molar-refractivity contribution < 1.29 is 19.1 Å². The van der Waals surface area contributed by atoms with Crippen molar-refractivity contribution in [2.24, 2.45) is 0 Å². The molecule has 0 saturated carbocycles. The lowest BCUT2D eigenvalue weighted by molar-refractivity contribution is -0.120. The summed E-state index contributed by atoms with van der Waals surface area (Å²) in [5.41, 5.74) is 6.95. The molecule has 1 fully saturated rings. The standard InChI is InChI=1S/C21H33N5O4/c1-14(2)24-18(27)13-23-19(28)16-12-15(6-7-17(16)22)25-8-10-26(11-9-25)20(29)30-21(3,4)5/h6-7,12,14H,8-11,13,22H2,1-5H3,(H,23,28)(H,24,27). The summed E-state index contributed by atoms with van der Waals surface area (Å²) in [6.45, 7) is 11.4. The number of piperazine rings is 1. The van der Waals surface area contributed by atoms with E-state index >= 15 is 0 Å². The predicted molar refractivity (Wildman–Crippen MR) is 116 cm³/mol. The highest BCUT2D eigenvalue weighted by Crippen LogP contribution is 2.23. The third kappa shape index (κ3) is 6.82. The Morgan fingerprint density at radius 2 is 1.77 bits per heavy atom. The third-order valence-electron chi connectivity index (χ3n) is 4.44. The number of nitrogens with zero attached hydrogens (tertiary/aromatic N) is 2. The van der Waals surface area contributed by atoms with Gasteiger partial charge >= 0.3 is 6.09 Å². The minimum Gasteiger partial charge on any atom is -0.444 e. The number of nitrogen functional groups attached to an aromatic ring is 1. The maximum absolute atomic E-state index is 12.5. The normalized spacial score (nSPS) is 14.5. The molecule has 0 aromatic heterocycles. The van der Waals surface area contributed by atoms with Gasteiger partial charge in [0.05, 0.1) is 12.1 Å². The van der Waals surface area contributed by atoms with Crippen molar-refractivity contribution in [3.63, 3.8) is 0 Å². The van der Waals surface area contributed by atoms with Crippen LogP contribution in [0.1, 0.15) is 45.0 Å². The summed E-state index contributed by atoms with van der Waals surface area (Å²) >= 11 is 0. The highest BCUT2D eigenvalue weighted by molar-refractivity contribution is 6.01. The zero-order chi connectivity index (χ0) is 22.5. The number of benzene rings is 1. The second-order valence-corrected chi connectivity index (χ2v) is 8.63. The van der Waals surface area contributed by atoms with Gasteiger partial charge in [-0.15, -0.1) is 0 Å². The SMILES string of the molecule is CC(C)NC(=O)CNC(=O)c1cc(N2CCN(C(=O)OC(C)(C)C)CC2)ccc1N. The Kier molecular flexibility index (Phi) is 7.53. The summed E-state index contributed by atoms with van der Waals surface area (Å²) < 4.78 is 5.42. The van der Waals surface area contributed by atoms with E-state index in [1.165, 1.54) is 0 Å². The first-order valence-electron chi connectivity index (χ1n) is 10.2. The van der Waals surface area contributed by atoms with Crippen molar-refractivity contribution >= 4 is 29.3 Å². The average Bonchev–Trinajstić information content (AvgIpc) is 2.65. The molecule has 0 radical (unpaired) electrons. The molecule has 0 atom stereocenters. The quantitative estimate of drug-likeness (QED) is 0.624. The molecular weight excluding hydrogens is 386 g/mol. The molecule has 9 nitrogen and oxygen atoms in total. The lowest BCUT2D eigenvalue weighted by Crippen LogP contribution is -2.50. The van der Waals surface area contributed by atoms with E-state index in [0.29, 0.717) is 37.4 Å². The number of ether oxygens (including phenoxy) is 1. The molecule has 30 heavy (non-hydrogen) atoms. The van der Waals surface area contributed by atoms with Crippen molar-refractivity contribution in [2.45, 2.75) is 46.3 Å². The molecule has 1 aliphatic rings. The van der Waals surface area contributed by atoms with Crippen molar-refractivity contribution in [2.75, 3.05) is 43.4 Å². The van der Waals surface area contributed by atoms with Crippen molar-refractivity contribution in [3.05, 3.63) is 23.8 Å². The maximum atomic E-state index is 12.5. The van der Waals surface area contributed by atoms with Gasteiger partial charge < -0.3 is 30.9 Å². The lowest BCUT2D eigenvalue weighted by Gasteiger charge is -2.37. The summed E-state index contributed by atoms with van der Waals surface area (Å²) in [5, 5.41) is 5.32. The number of hydrogen-bond acceptors (Lipinski definition) is 6. The Hall–Kier alpha value is -2.97. The van der Waals surface area contributed by atoms with Crippen LogP contribution in [0.4, 0.5) is 16.2 Å². The minimum absolute atomic E-state index is 0.00199. The van der Waals surface area contributed by atoms with E-state index in [4.69, 9.17) is 10.5 Å². The van der Waals surface area contributed by atoms with Gasteiger partial charge in [-0.3, -0.25) is 9.59 Å². The summed E-state index contributed by atoms with van der Waals surface area (Å²) in [6, 6.07) is 5.25. The molecule has 0 aliphatic carbocycles. The van der Waals surface area contributed by atoms with Crippen LogP contribution in [0.2, 0.25) is 0 Å². The van der Waals surface area contributed by atoms with Crippen LogP contribution in [0.3, 0.4) is 0 Å². The Bertz CT molecular complexity index is 780. The van der Waals surface area contributed by atoms with Crippen LogP contribution in [-0.2, 0) is 9.53 Å². The highest BCUT2D eigenvalue weighted by atomic mass is 16.6. The zero-order valence-electron chi connectivity index (χ0n) is 18.4. The molecule has 1 saturated heterocycles. The van der Waals surface area contributed by atoms with Gasteiger partial charge in [0.15, 0.2) is 0 Å². The molecule has 1 aliphatic heterocycles. The minimum atomic E-state index is -0.528. The van der Waals surface area contributed by atoms with Crippen LogP contribution in [0.25, 0.3) is 0 Å². The topological polar surface area (TPSA) is 117 Å². The smallest absolute Gasteiger partial charge is 0.410 e. The van der Waals surface area contributed by atoms with Gasteiger partial charge in [0.1, 0.15) is 5.60 Å². The number of nitrogens with two attached hydrogens (primary N) is 1. The fourth-order valence-corrected chi connectivity index (χ4v) is 3.04. The van der Waals surface area contributed by atoms with Crippen LogP contribution in [0.15, 0.2) is 18.2 Å². The second kappa shape index (κ2) is 9.69. The molecule has 1 aromatic rings. The molecule has 1 aromatic carbocycles. The van der Waals surface area contributed by atoms with Gasteiger partial charge in [0.25, 0.3) is 5.91 Å². The lowest BCUT2D eigenvalue weighted by atomic mass is 10.1. The molecular formula is C21H33N5O4. The molecule has 0 bridgehead atoms. The molecule has 0 spiro atoms. The predicted octanol–water partition coefficient (Wildman–Crippen LogP) is 1.58. The fourth-order valence-electron chi connectivity index (χ4n) is 3.04. The number of carbonyl (C=O) groups excluding carboxylic acids is 3. The van der Waals surface area contributed by atoms with Gasteiger partial charge in [0, 0.05) is 43.6 Å². The van der Waals surface area contributed by atoms with E-state index in [9.17, 15) is 14.4 Å². The van der Waals surface area contributed by atoms with Gasteiger partial charge in [0.2, 0.25) is 5.91 Å². The van der Waals surface area contributed by atoms with E-state index in [2.05, 4.69) is 15.5 Å². The van der Waals surface area contributed by atoms with Gasteiger partial charge in [-0.1, -0.05) is 0 Å². The highest BCUT2D eigenvalue weighted by Gasteiger charge is 2.26. The molecule has 0 unspecified atom stereocenters. The average molecular weight is 420 g/mol. The molecule has 2 rings (SSSR count). The Morgan fingerprint density at radius 3 is 2.33 bits per heavy atom. The third-order valence-corrected chi connectivity index (χ3v) is 4.44. The van der Waals surface area contributed by atoms with Crippen molar-refractivity contribution in [1.82, 2.24) is 15.5 Å². The molecule has 166 valence electrons. The summed E-state index contributed by atoms with van der Waals surface area (Å²) in [7, 11) is 0. The van der Waals surface area contributed by atoms with Crippen molar-refractivity contribution in [1.29, 1.82) is 0 Å². The zero-order valence-corrected chi connectivity index (χ0v) is 18.4. The van der Waals surface area contributed by atoms with E-state index in [1.54, 1.807) is 17.0 Å². The number of rotatable bonds is 5. The first-order valence-corrected chi connectivity index (χ1v) is 10.2. The summed E-state index contributed by atoms with van der Waals surface area (Å²) in [5.74, 6) is -0.660. The van der Waals surface area contributed by atoms with Gasteiger partial charge in [-0.05, 0) is 52.8 Å². The second-order valence-electron chi connectivity index (χ2n) is 8.63. The molecule has 4 N–H and O–H groups in total. The van der Waals surface area contributed by atoms with E-state index in [-0.39, 0.29) is 24.6 Å². The number of carbonyl (C=O) groups is 3. The molecule has 1 heterocycles. The number of nitrogens with one attached hydrogen (secondary N) is 2. The number of anilines is 2. The first-order chi connectivity index (χ1) is 14.0. The van der Waals surface area contributed by atoms with Gasteiger partial charge in [-0.2, -0.15) is 0 Å². The summed E-state index contributed by atoms with van der Waals surface area (Å²) in [4.78, 5) is 40.2. The molecule has 3 amide bonds. The van der Waals surface area contributed by atoms with Crippen LogP contribution in [0.5, 0.6) is 0 Å². The van der Waals surface area contributed by atoms with Crippen LogP contribution in [-0.4, -0.2) is 67.2 Å². The number of hydrogen-bond donors (Lipinski definition) is 3. The number of amides is 3. The van der Waals surface area contributed by atoms with Crippen LogP contribution >= 0.6 is 0 Å². The van der Waals surface area contributed by atoms with Gasteiger partial charge in [-0.25, -0.2) is 4.79 Å².